The summed E-state index contributed by atoms with van der Waals surface area (Å²) in [5.41, 5.74) is 5.19. The van der Waals surface area contributed by atoms with Crippen LogP contribution >= 0.6 is 0 Å². The number of hydrogen-bond acceptors (Lipinski definition) is 5. The largest absolute Gasteiger partial charge is 0.422 e. The zero-order chi connectivity index (χ0) is 25.2. The molecule has 0 fully saturated rings. The van der Waals surface area contributed by atoms with E-state index in [1.165, 1.54) is 0 Å². The quantitative estimate of drug-likeness (QED) is 0.172. The molecule has 0 bridgehead atoms. The number of nitrogens with zero attached hydrogens (tertiary/aromatic N) is 3. The van der Waals surface area contributed by atoms with Crippen LogP contribution in [0, 0.1) is 11.3 Å². The van der Waals surface area contributed by atoms with E-state index in [-0.39, 0.29) is 0 Å². The lowest BCUT2D eigenvalue weighted by atomic mass is 10.0. The van der Waals surface area contributed by atoms with Crippen LogP contribution in [-0.4, -0.2) is 13.1 Å². The molecule has 5 aromatic rings. The molecule has 5 rings (SSSR count). The molecule has 6 nitrogen and oxygen atoms in total. The number of fused-ring (bicyclic) bond motifs is 2. The smallest absolute Gasteiger partial charge is 0.381 e. The lowest BCUT2D eigenvalue weighted by molar-refractivity contribution is -0.637. The summed E-state index contributed by atoms with van der Waals surface area (Å²) in [4.78, 5) is 14.9. The average Bonchev–Trinajstić information content (AvgIpc) is 3.24. The number of oxazole rings is 1. The number of hydrogen-bond donors (Lipinski definition) is 0. The van der Waals surface area contributed by atoms with E-state index >= 15 is 0 Å². The molecule has 6 heteroatoms. The number of allylic oxidation sites excluding steroid dienone is 1. The van der Waals surface area contributed by atoms with E-state index in [2.05, 4.69) is 24.8 Å². The van der Waals surface area contributed by atoms with Crippen LogP contribution in [0.4, 0.5) is 5.69 Å². The van der Waals surface area contributed by atoms with Crippen molar-refractivity contribution in [2.24, 2.45) is 7.05 Å². The molecule has 0 unspecified atom stereocenters. The molecule has 0 aliphatic heterocycles. The van der Waals surface area contributed by atoms with Crippen molar-refractivity contribution >= 4 is 39.4 Å². The zero-order valence-corrected chi connectivity index (χ0v) is 20.5. The number of anilines is 1. The third-order valence-corrected chi connectivity index (χ3v) is 6.48. The van der Waals surface area contributed by atoms with Gasteiger partial charge in [0.1, 0.15) is 12.6 Å². The van der Waals surface area contributed by atoms with Gasteiger partial charge in [0, 0.05) is 36.3 Å². The molecule has 2 aromatic heterocycles. The maximum atomic E-state index is 12.7. The van der Waals surface area contributed by atoms with Gasteiger partial charge in [0.05, 0.1) is 22.8 Å². The van der Waals surface area contributed by atoms with Crippen molar-refractivity contribution in [1.29, 1.82) is 5.26 Å². The summed E-state index contributed by atoms with van der Waals surface area (Å²) in [5, 5.41) is 10.7. The molecule has 0 atom stereocenters. The fourth-order valence-corrected chi connectivity index (χ4v) is 4.49. The second kappa shape index (κ2) is 9.55. The monoisotopic (exact) mass is 476 g/mol. The van der Waals surface area contributed by atoms with Crippen molar-refractivity contribution in [1.82, 2.24) is 0 Å². The van der Waals surface area contributed by atoms with Gasteiger partial charge in [-0.3, -0.25) is 0 Å². The number of nitriles is 1. The van der Waals surface area contributed by atoms with Crippen LogP contribution in [0.2, 0.25) is 0 Å². The van der Waals surface area contributed by atoms with E-state index < -0.39 is 5.63 Å². The Kier molecular flexibility index (Phi) is 6.14. The van der Waals surface area contributed by atoms with E-state index in [0.29, 0.717) is 22.3 Å². The van der Waals surface area contributed by atoms with Crippen LogP contribution in [0.3, 0.4) is 0 Å². The van der Waals surface area contributed by atoms with Crippen LogP contribution in [-0.2, 0) is 7.05 Å². The predicted molar refractivity (Wildman–Crippen MR) is 142 cm³/mol. The Bertz CT molecular complexity index is 1700. The van der Waals surface area contributed by atoms with Gasteiger partial charge in [-0.25, -0.2) is 4.79 Å². The van der Waals surface area contributed by atoms with Gasteiger partial charge in [0.15, 0.2) is 0 Å². The average molecular weight is 477 g/mol. The van der Waals surface area contributed by atoms with E-state index in [0.717, 1.165) is 46.7 Å². The van der Waals surface area contributed by atoms with Gasteiger partial charge in [-0.15, -0.1) is 0 Å². The summed E-state index contributed by atoms with van der Waals surface area (Å²) < 4.78 is 13.6. The molecule has 0 aliphatic carbocycles. The SMILES string of the molecule is CCN(CC)c1ccc2cc(/C=C(\C#N)c3ccc(-c4oc5ccccc5[n+]4C)cc3)c(=O)oc2c1. The van der Waals surface area contributed by atoms with Gasteiger partial charge < -0.3 is 13.7 Å². The molecular weight excluding hydrogens is 450 g/mol. The minimum atomic E-state index is -0.474. The first-order valence-corrected chi connectivity index (χ1v) is 12.0. The van der Waals surface area contributed by atoms with Crippen molar-refractivity contribution < 1.29 is 13.4 Å². The zero-order valence-electron chi connectivity index (χ0n) is 20.5. The van der Waals surface area contributed by atoms with E-state index in [1.807, 2.05) is 78.3 Å². The van der Waals surface area contributed by atoms with Gasteiger partial charge in [-0.2, -0.15) is 9.83 Å². The van der Waals surface area contributed by atoms with Crippen LogP contribution in [0.25, 0.3) is 45.2 Å². The topological polar surface area (TPSA) is 74.3 Å². The summed E-state index contributed by atoms with van der Waals surface area (Å²) in [7, 11) is 1.96. The Labute approximate surface area is 208 Å². The highest BCUT2D eigenvalue weighted by molar-refractivity contribution is 5.91. The first-order valence-electron chi connectivity index (χ1n) is 12.0. The van der Waals surface area contributed by atoms with Crippen molar-refractivity contribution in [3.05, 3.63) is 94.3 Å². The molecule has 0 aliphatic rings. The maximum absolute atomic E-state index is 12.7. The number of para-hydroxylation sites is 2. The van der Waals surface area contributed by atoms with E-state index in [4.69, 9.17) is 8.83 Å². The molecule has 2 heterocycles. The van der Waals surface area contributed by atoms with Crippen LogP contribution < -0.4 is 15.1 Å². The van der Waals surface area contributed by atoms with Crippen molar-refractivity contribution in [3.8, 4) is 17.5 Å². The fourth-order valence-electron chi connectivity index (χ4n) is 4.49. The van der Waals surface area contributed by atoms with E-state index in [9.17, 15) is 10.1 Å². The Hall–Kier alpha value is -4.63. The Balaban J connectivity index is 1.48. The summed E-state index contributed by atoms with van der Waals surface area (Å²) >= 11 is 0. The third-order valence-electron chi connectivity index (χ3n) is 6.48. The number of aromatic nitrogens is 1. The standard InChI is InChI=1S/C30H26N3O3/c1-4-33(5-2)25-15-14-22-16-23(30(34)36-28(22)18-25)17-24(19-31)20-10-12-21(13-11-20)29-32(3)26-8-6-7-9-27(26)35-29/h6-18H,4-5H2,1-3H3/q+1. The minimum Gasteiger partial charge on any atom is -0.422 e. The molecule has 36 heavy (non-hydrogen) atoms. The Morgan fingerprint density at radius 3 is 2.42 bits per heavy atom. The molecule has 0 amide bonds. The van der Waals surface area contributed by atoms with Gasteiger partial charge in [0.2, 0.25) is 5.58 Å². The van der Waals surface area contributed by atoms with Gasteiger partial charge >= 0.3 is 11.5 Å². The minimum absolute atomic E-state index is 0.336. The highest BCUT2D eigenvalue weighted by atomic mass is 16.4. The predicted octanol–water partition coefficient (Wildman–Crippen LogP) is 5.94. The van der Waals surface area contributed by atoms with Gasteiger partial charge in [0.25, 0.3) is 5.52 Å². The van der Waals surface area contributed by atoms with Crippen LogP contribution in [0.5, 0.6) is 0 Å². The molecule has 178 valence electrons. The molecule has 0 spiro atoms. The normalized spacial score (nSPS) is 11.7. The molecule has 0 radical (unpaired) electrons. The first-order chi connectivity index (χ1) is 17.5. The van der Waals surface area contributed by atoms with Crippen molar-refractivity contribution in [2.45, 2.75) is 13.8 Å². The molecular formula is C30H26N3O3+. The van der Waals surface area contributed by atoms with E-state index in [1.54, 1.807) is 12.1 Å². The maximum Gasteiger partial charge on any atom is 0.381 e. The van der Waals surface area contributed by atoms with Crippen LogP contribution in [0.1, 0.15) is 25.0 Å². The fraction of sp³-hybridized carbons (Fsp3) is 0.167. The summed E-state index contributed by atoms with van der Waals surface area (Å²) in [6.45, 7) is 5.91. The van der Waals surface area contributed by atoms with Crippen molar-refractivity contribution in [2.75, 3.05) is 18.0 Å². The highest BCUT2D eigenvalue weighted by Crippen LogP contribution is 2.26. The van der Waals surface area contributed by atoms with Crippen molar-refractivity contribution in [3.63, 3.8) is 0 Å². The Morgan fingerprint density at radius 1 is 0.972 bits per heavy atom. The molecule has 0 saturated carbocycles. The highest BCUT2D eigenvalue weighted by Gasteiger charge is 2.20. The lowest BCUT2D eigenvalue weighted by Gasteiger charge is -2.20. The second-order valence-electron chi connectivity index (χ2n) is 8.56. The molecule has 3 aromatic carbocycles. The number of aryl methyl sites for hydroxylation is 1. The lowest BCUT2D eigenvalue weighted by Crippen LogP contribution is -2.28. The first kappa shape index (κ1) is 23.1. The third kappa shape index (κ3) is 4.16. The Morgan fingerprint density at radius 2 is 1.72 bits per heavy atom. The summed E-state index contributed by atoms with van der Waals surface area (Å²) in [6.07, 6.45) is 1.58. The van der Waals surface area contributed by atoms with Gasteiger partial charge in [-0.05, 0) is 61.9 Å². The summed E-state index contributed by atoms with van der Waals surface area (Å²) in [6, 6.07) is 25.2. The molecule has 0 N–H and O–H groups in total. The molecule has 0 saturated heterocycles. The van der Waals surface area contributed by atoms with Crippen LogP contribution in [0.15, 0.2) is 86.4 Å². The second-order valence-corrected chi connectivity index (χ2v) is 8.56. The number of benzene rings is 3. The summed E-state index contributed by atoms with van der Waals surface area (Å²) in [5.74, 6) is 0.726. The number of rotatable bonds is 6. The van der Waals surface area contributed by atoms with Gasteiger partial charge in [-0.1, -0.05) is 24.3 Å².